The Kier molecular flexibility index (Phi) is 5.34. The lowest BCUT2D eigenvalue weighted by molar-refractivity contribution is -0.123. The second-order valence-corrected chi connectivity index (χ2v) is 11.2. The topological polar surface area (TPSA) is 125 Å². The first-order valence-electron chi connectivity index (χ1n) is 11.8. The highest BCUT2D eigenvalue weighted by Crippen LogP contribution is 2.34. The SMILES string of the molecule is Cc1ccc(-c2cncc3[nH]c(-c4n[nH]c5ccc(-c6cncc(NC(=O)C(C)(C)C)c6)nc45)nc23)s1. The predicted molar refractivity (Wildman–Crippen MR) is 146 cm³/mol. The highest BCUT2D eigenvalue weighted by molar-refractivity contribution is 7.15. The molecular formula is C27H24N8OS. The lowest BCUT2D eigenvalue weighted by Crippen LogP contribution is -2.27. The number of aromatic amines is 2. The number of anilines is 1. The van der Waals surface area contributed by atoms with Crippen molar-refractivity contribution in [2.75, 3.05) is 5.32 Å². The van der Waals surface area contributed by atoms with E-state index in [-0.39, 0.29) is 5.91 Å². The van der Waals surface area contributed by atoms with E-state index >= 15 is 0 Å². The number of nitrogens with one attached hydrogen (secondary N) is 3. The normalized spacial score (nSPS) is 11.9. The third-order valence-electron chi connectivity index (χ3n) is 6.01. The van der Waals surface area contributed by atoms with E-state index in [1.165, 1.54) is 4.88 Å². The van der Waals surface area contributed by atoms with Gasteiger partial charge in [0.05, 0.1) is 34.8 Å². The molecule has 37 heavy (non-hydrogen) atoms. The number of aromatic nitrogens is 7. The number of carbonyl (C=O) groups is 1. The molecule has 6 rings (SSSR count). The quantitative estimate of drug-likeness (QED) is 0.269. The molecule has 10 heteroatoms. The molecule has 0 saturated heterocycles. The number of amides is 1. The fourth-order valence-corrected chi connectivity index (χ4v) is 4.87. The van der Waals surface area contributed by atoms with E-state index in [1.807, 2.05) is 45.2 Å². The van der Waals surface area contributed by atoms with E-state index < -0.39 is 5.41 Å². The molecule has 0 aliphatic carbocycles. The van der Waals surface area contributed by atoms with Crippen LogP contribution in [0.4, 0.5) is 5.69 Å². The Hall–Kier alpha value is -4.44. The maximum atomic E-state index is 12.4. The second kappa shape index (κ2) is 8.59. The average molecular weight is 509 g/mol. The predicted octanol–water partition coefficient (Wildman–Crippen LogP) is 5.98. The van der Waals surface area contributed by atoms with Crippen molar-refractivity contribution < 1.29 is 4.79 Å². The van der Waals surface area contributed by atoms with Gasteiger partial charge in [-0.25, -0.2) is 9.97 Å². The first-order chi connectivity index (χ1) is 17.8. The number of aryl methyl sites for hydroxylation is 1. The van der Waals surface area contributed by atoms with Gasteiger partial charge in [-0.3, -0.25) is 19.9 Å². The summed E-state index contributed by atoms with van der Waals surface area (Å²) in [5.41, 5.74) is 6.34. The Bertz CT molecular complexity index is 1790. The van der Waals surface area contributed by atoms with Gasteiger partial charge in [-0.1, -0.05) is 20.8 Å². The van der Waals surface area contributed by atoms with Crippen LogP contribution in [0.15, 0.2) is 55.1 Å². The van der Waals surface area contributed by atoms with Gasteiger partial charge < -0.3 is 10.3 Å². The molecule has 0 aliphatic rings. The molecule has 6 aromatic heterocycles. The summed E-state index contributed by atoms with van der Waals surface area (Å²) in [5.74, 6) is 0.529. The molecule has 0 bridgehead atoms. The van der Waals surface area contributed by atoms with E-state index in [0.29, 0.717) is 28.4 Å². The van der Waals surface area contributed by atoms with Gasteiger partial charge in [-0.15, -0.1) is 11.3 Å². The number of imidazole rings is 1. The van der Waals surface area contributed by atoms with Crippen LogP contribution in [0.25, 0.3) is 55.3 Å². The average Bonchev–Trinajstić information content (AvgIpc) is 3.60. The number of nitrogens with zero attached hydrogens (tertiary/aromatic N) is 5. The molecule has 3 N–H and O–H groups in total. The van der Waals surface area contributed by atoms with Gasteiger partial charge in [0, 0.05) is 38.7 Å². The molecule has 184 valence electrons. The Balaban J connectivity index is 1.40. The van der Waals surface area contributed by atoms with Gasteiger partial charge in [-0.05, 0) is 37.3 Å². The fourth-order valence-electron chi connectivity index (χ4n) is 4.00. The Labute approximate surface area is 216 Å². The van der Waals surface area contributed by atoms with Crippen LogP contribution in [-0.2, 0) is 4.79 Å². The molecule has 6 heterocycles. The monoisotopic (exact) mass is 508 g/mol. The molecule has 0 atom stereocenters. The third-order valence-corrected chi connectivity index (χ3v) is 7.04. The van der Waals surface area contributed by atoms with Crippen LogP contribution in [-0.4, -0.2) is 41.0 Å². The zero-order valence-electron chi connectivity index (χ0n) is 20.7. The third kappa shape index (κ3) is 4.25. The maximum Gasteiger partial charge on any atom is 0.229 e. The number of pyridine rings is 3. The van der Waals surface area contributed by atoms with Crippen LogP contribution in [0.2, 0.25) is 0 Å². The van der Waals surface area contributed by atoms with Crippen LogP contribution in [0.3, 0.4) is 0 Å². The van der Waals surface area contributed by atoms with E-state index in [9.17, 15) is 4.79 Å². The van der Waals surface area contributed by atoms with Crippen LogP contribution in [0.1, 0.15) is 25.6 Å². The number of hydrogen-bond donors (Lipinski definition) is 3. The summed E-state index contributed by atoms with van der Waals surface area (Å²) in [5, 5.41) is 10.5. The Morgan fingerprint density at radius 1 is 0.946 bits per heavy atom. The van der Waals surface area contributed by atoms with Crippen molar-refractivity contribution in [1.29, 1.82) is 0 Å². The van der Waals surface area contributed by atoms with Crippen molar-refractivity contribution in [2.24, 2.45) is 5.41 Å². The minimum Gasteiger partial charge on any atom is -0.335 e. The van der Waals surface area contributed by atoms with Crippen molar-refractivity contribution >= 4 is 45.0 Å². The number of H-pyrrole nitrogens is 2. The van der Waals surface area contributed by atoms with Crippen LogP contribution in [0.5, 0.6) is 0 Å². The van der Waals surface area contributed by atoms with Gasteiger partial charge in [-0.2, -0.15) is 5.10 Å². The van der Waals surface area contributed by atoms with E-state index in [1.54, 1.807) is 29.9 Å². The second-order valence-electron chi connectivity index (χ2n) is 9.91. The number of carbonyl (C=O) groups excluding carboxylic acids is 1. The summed E-state index contributed by atoms with van der Waals surface area (Å²) in [4.78, 5) is 36.6. The van der Waals surface area contributed by atoms with E-state index in [2.05, 4.69) is 49.5 Å². The molecule has 0 radical (unpaired) electrons. The Morgan fingerprint density at radius 2 is 1.78 bits per heavy atom. The van der Waals surface area contributed by atoms with E-state index in [4.69, 9.17) is 9.97 Å². The molecule has 0 aliphatic heterocycles. The minimum atomic E-state index is -0.511. The zero-order chi connectivity index (χ0) is 25.7. The largest absolute Gasteiger partial charge is 0.335 e. The number of thiophene rings is 1. The summed E-state index contributed by atoms with van der Waals surface area (Å²) in [6.45, 7) is 7.69. The van der Waals surface area contributed by atoms with Crippen LogP contribution in [0, 0.1) is 12.3 Å². The van der Waals surface area contributed by atoms with Crippen molar-refractivity contribution in [3.63, 3.8) is 0 Å². The molecule has 6 aromatic rings. The van der Waals surface area contributed by atoms with Crippen molar-refractivity contribution in [1.82, 2.24) is 35.1 Å². The van der Waals surface area contributed by atoms with Gasteiger partial charge in [0.25, 0.3) is 0 Å². The summed E-state index contributed by atoms with van der Waals surface area (Å²) < 4.78 is 0. The maximum absolute atomic E-state index is 12.4. The number of rotatable bonds is 4. The van der Waals surface area contributed by atoms with Crippen LogP contribution >= 0.6 is 11.3 Å². The first kappa shape index (κ1) is 23.0. The highest BCUT2D eigenvalue weighted by Gasteiger charge is 2.22. The molecule has 0 spiro atoms. The van der Waals surface area contributed by atoms with Gasteiger partial charge >= 0.3 is 0 Å². The summed E-state index contributed by atoms with van der Waals surface area (Å²) in [7, 11) is 0. The van der Waals surface area contributed by atoms with Crippen molar-refractivity contribution in [3.8, 4) is 33.2 Å². The standard InChI is InChI=1S/C27H24N8OS/c1-14-5-8-21(37-14)17-12-29-13-20-22(17)33-25(32-20)24-23-19(34-35-24)7-6-18(31-23)15-9-16(11-28-10-15)30-26(36)27(2,3)4/h5-13H,1-4H3,(H,30,36)(H,32,33)(H,34,35). The molecule has 0 unspecified atom stereocenters. The summed E-state index contributed by atoms with van der Waals surface area (Å²) in [6, 6.07) is 9.88. The molecule has 0 saturated carbocycles. The fraction of sp³-hybridized carbons (Fsp3) is 0.185. The smallest absolute Gasteiger partial charge is 0.229 e. The summed E-state index contributed by atoms with van der Waals surface area (Å²) >= 11 is 1.71. The lowest BCUT2D eigenvalue weighted by Gasteiger charge is -2.17. The number of fused-ring (bicyclic) bond motifs is 2. The van der Waals surface area contributed by atoms with E-state index in [0.717, 1.165) is 32.6 Å². The van der Waals surface area contributed by atoms with Crippen molar-refractivity contribution in [2.45, 2.75) is 27.7 Å². The first-order valence-corrected chi connectivity index (χ1v) is 12.6. The molecule has 1 amide bonds. The van der Waals surface area contributed by atoms with Gasteiger partial charge in [0.2, 0.25) is 5.91 Å². The van der Waals surface area contributed by atoms with Crippen LogP contribution < -0.4 is 5.32 Å². The lowest BCUT2D eigenvalue weighted by atomic mass is 9.95. The van der Waals surface area contributed by atoms with Gasteiger partial charge in [0.15, 0.2) is 11.5 Å². The molecular weight excluding hydrogens is 484 g/mol. The highest BCUT2D eigenvalue weighted by atomic mass is 32.1. The van der Waals surface area contributed by atoms with Crippen molar-refractivity contribution in [3.05, 3.63) is 60.0 Å². The zero-order valence-corrected chi connectivity index (χ0v) is 21.6. The summed E-state index contributed by atoms with van der Waals surface area (Å²) in [6.07, 6.45) is 6.97. The molecule has 0 aromatic carbocycles. The van der Waals surface area contributed by atoms with Gasteiger partial charge in [0.1, 0.15) is 11.0 Å². The molecule has 9 nitrogen and oxygen atoms in total. The molecule has 0 fully saturated rings. The number of hydrogen-bond acceptors (Lipinski definition) is 7. The minimum absolute atomic E-state index is 0.0802. The Morgan fingerprint density at radius 3 is 2.57 bits per heavy atom.